The zero-order valence-corrected chi connectivity index (χ0v) is 5.94. The molecule has 0 aliphatic heterocycles. The molecule has 47 valence electrons. The Kier molecular flexibility index (Phi) is 1.88. The molecule has 1 aliphatic rings. The zero-order valence-electron chi connectivity index (χ0n) is 5.94. The second-order valence-corrected chi connectivity index (χ2v) is 2.24. The van der Waals surface area contributed by atoms with E-state index < -0.39 is 0 Å². The van der Waals surface area contributed by atoms with Gasteiger partial charge in [0.05, 0.1) is 0 Å². The van der Waals surface area contributed by atoms with Gasteiger partial charge in [-0.3, -0.25) is 0 Å². The van der Waals surface area contributed by atoms with Gasteiger partial charge in [-0.2, -0.15) is 0 Å². The van der Waals surface area contributed by atoms with Crippen molar-refractivity contribution in [1.82, 2.24) is 0 Å². The van der Waals surface area contributed by atoms with E-state index in [4.69, 9.17) is 0 Å². The summed E-state index contributed by atoms with van der Waals surface area (Å²) in [6, 6.07) is 0. The van der Waals surface area contributed by atoms with E-state index in [-0.39, 0.29) is 0 Å². The van der Waals surface area contributed by atoms with E-state index in [1.807, 2.05) is 6.08 Å². The van der Waals surface area contributed by atoms with Crippen molar-refractivity contribution in [2.45, 2.75) is 20.3 Å². The molecule has 0 aromatic carbocycles. The average molecular weight is 119 g/mol. The summed E-state index contributed by atoms with van der Waals surface area (Å²) >= 11 is 0. The average Bonchev–Trinajstić information content (AvgIpc) is 2.17. The molecule has 0 heterocycles. The van der Waals surface area contributed by atoms with Crippen LogP contribution in [-0.2, 0) is 0 Å². The van der Waals surface area contributed by atoms with Gasteiger partial charge in [0, 0.05) is 0 Å². The predicted molar refractivity (Wildman–Crippen MR) is 39.9 cm³/mol. The van der Waals surface area contributed by atoms with Crippen LogP contribution in [0.25, 0.3) is 0 Å². The summed E-state index contributed by atoms with van der Waals surface area (Å²) in [6.45, 7) is 4.22. The number of allylic oxidation sites excluding steroid dienone is 6. The van der Waals surface area contributed by atoms with E-state index in [2.05, 4.69) is 32.1 Å². The Morgan fingerprint density at radius 1 is 1.67 bits per heavy atom. The van der Waals surface area contributed by atoms with Crippen LogP contribution in [0.2, 0.25) is 0 Å². The minimum Gasteiger partial charge on any atom is -0.0769 e. The van der Waals surface area contributed by atoms with Crippen LogP contribution >= 0.6 is 0 Å². The Balaban J connectivity index is 2.69. The molecule has 1 radical (unpaired) electrons. The summed E-state index contributed by atoms with van der Waals surface area (Å²) in [5.41, 5.74) is 2.53. The van der Waals surface area contributed by atoms with E-state index in [0.717, 1.165) is 6.42 Å². The molecule has 0 bridgehead atoms. The van der Waals surface area contributed by atoms with Crippen LogP contribution in [0.5, 0.6) is 0 Å². The molecule has 0 unspecified atom stereocenters. The summed E-state index contributed by atoms with van der Waals surface area (Å²) in [5, 5.41) is 0. The number of hydrogen-bond donors (Lipinski definition) is 0. The fourth-order valence-electron chi connectivity index (χ4n) is 0.864. The quantitative estimate of drug-likeness (QED) is 0.497. The fraction of sp³-hybridized carbons (Fsp3) is 0.333. The van der Waals surface area contributed by atoms with Gasteiger partial charge in [0.1, 0.15) is 0 Å². The molecule has 0 aromatic heterocycles. The largest absolute Gasteiger partial charge is 0.0769 e. The maximum Gasteiger partial charge on any atom is -0.0106 e. The van der Waals surface area contributed by atoms with Gasteiger partial charge in [-0.05, 0) is 30.6 Å². The third-order valence-corrected chi connectivity index (χ3v) is 1.27. The van der Waals surface area contributed by atoms with Gasteiger partial charge in [-0.15, -0.1) is 0 Å². The topological polar surface area (TPSA) is 0 Å². The van der Waals surface area contributed by atoms with Gasteiger partial charge in [0.15, 0.2) is 0 Å². The minimum atomic E-state index is 1.10. The Labute approximate surface area is 56.6 Å². The number of rotatable bonds is 1. The highest BCUT2D eigenvalue weighted by atomic mass is 14.0. The van der Waals surface area contributed by atoms with Crippen LogP contribution in [0.15, 0.2) is 29.4 Å². The summed E-state index contributed by atoms with van der Waals surface area (Å²) in [4.78, 5) is 0. The van der Waals surface area contributed by atoms with Crippen molar-refractivity contribution in [2.75, 3.05) is 0 Å². The van der Waals surface area contributed by atoms with Crippen LogP contribution in [0.3, 0.4) is 0 Å². The van der Waals surface area contributed by atoms with Gasteiger partial charge in [0.2, 0.25) is 0 Å². The lowest BCUT2D eigenvalue weighted by Gasteiger charge is -1.83. The third-order valence-electron chi connectivity index (χ3n) is 1.27. The Morgan fingerprint density at radius 2 is 2.44 bits per heavy atom. The fourth-order valence-corrected chi connectivity index (χ4v) is 0.864. The molecule has 0 N–H and O–H groups in total. The van der Waals surface area contributed by atoms with Crippen LogP contribution in [0.4, 0.5) is 0 Å². The van der Waals surface area contributed by atoms with Crippen molar-refractivity contribution in [2.24, 2.45) is 0 Å². The van der Waals surface area contributed by atoms with Crippen LogP contribution < -0.4 is 0 Å². The van der Waals surface area contributed by atoms with Gasteiger partial charge in [-0.1, -0.05) is 25.2 Å². The first kappa shape index (κ1) is 6.34. The van der Waals surface area contributed by atoms with Gasteiger partial charge >= 0.3 is 0 Å². The van der Waals surface area contributed by atoms with E-state index in [1.165, 1.54) is 11.1 Å². The number of hydrogen-bond acceptors (Lipinski definition) is 0. The first-order chi connectivity index (χ1) is 4.33. The summed E-state index contributed by atoms with van der Waals surface area (Å²) in [6.07, 6.45) is 10.6. The van der Waals surface area contributed by atoms with Gasteiger partial charge in [-0.25, -0.2) is 0 Å². The van der Waals surface area contributed by atoms with Crippen LogP contribution in [0, 0.1) is 6.08 Å². The van der Waals surface area contributed by atoms with E-state index in [1.54, 1.807) is 0 Å². The first-order valence-corrected chi connectivity index (χ1v) is 3.31. The van der Waals surface area contributed by atoms with Crippen molar-refractivity contribution < 1.29 is 0 Å². The molecule has 0 aromatic rings. The summed E-state index contributed by atoms with van der Waals surface area (Å²) in [7, 11) is 0. The van der Waals surface area contributed by atoms with E-state index in [0.29, 0.717) is 0 Å². The van der Waals surface area contributed by atoms with Gasteiger partial charge < -0.3 is 0 Å². The summed E-state index contributed by atoms with van der Waals surface area (Å²) in [5.74, 6) is 0. The highest BCUT2D eigenvalue weighted by Gasteiger charge is 1.94. The molecule has 0 fully saturated rings. The molecule has 9 heavy (non-hydrogen) atoms. The van der Waals surface area contributed by atoms with Crippen molar-refractivity contribution in [1.29, 1.82) is 0 Å². The highest BCUT2D eigenvalue weighted by Crippen LogP contribution is 2.12. The Bertz CT molecular complexity index is 180. The second kappa shape index (κ2) is 2.67. The van der Waals surface area contributed by atoms with E-state index >= 15 is 0 Å². The Morgan fingerprint density at radius 3 is 2.89 bits per heavy atom. The smallest absolute Gasteiger partial charge is 0.0106 e. The maximum atomic E-state index is 3.15. The van der Waals surface area contributed by atoms with Gasteiger partial charge in [0.25, 0.3) is 0 Å². The molecule has 0 spiro atoms. The first-order valence-electron chi connectivity index (χ1n) is 3.31. The molecule has 1 aliphatic carbocycles. The lowest BCUT2D eigenvalue weighted by Crippen LogP contribution is -1.64. The lowest BCUT2D eigenvalue weighted by atomic mass is 10.2. The third kappa shape index (κ3) is 1.56. The van der Waals surface area contributed by atoms with Crippen molar-refractivity contribution in [3.63, 3.8) is 0 Å². The van der Waals surface area contributed by atoms with Crippen LogP contribution in [0.1, 0.15) is 20.3 Å². The molecule has 0 saturated carbocycles. The molecule has 0 saturated heterocycles. The predicted octanol–water partition coefficient (Wildman–Crippen LogP) is 2.64. The SMILES string of the molecule is CCC=C1[C]=CC(C)=C1. The molecule has 0 atom stereocenters. The minimum absolute atomic E-state index is 1.10. The molecular formula is C9H11. The monoisotopic (exact) mass is 119 g/mol. The molecule has 0 amide bonds. The van der Waals surface area contributed by atoms with Crippen LogP contribution in [-0.4, -0.2) is 0 Å². The Hall–Kier alpha value is -0.780. The normalized spacial score (nSPS) is 21.1. The molecular weight excluding hydrogens is 108 g/mol. The summed E-state index contributed by atoms with van der Waals surface area (Å²) < 4.78 is 0. The highest BCUT2D eigenvalue weighted by molar-refractivity contribution is 5.40. The second-order valence-electron chi connectivity index (χ2n) is 2.24. The van der Waals surface area contributed by atoms with E-state index in [9.17, 15) is 0 Å². The molecule has 1 rings (SSSR count). The van der Waals surface area contributed by atoms with Crippen molar-refractivity contribution in [3.8, 4) is 0 Å². The maximum absolute atomic E-state index is 3.15. The van der Waals surface area contributed by atoms with Crippen molar-refractivity contribution >= 4 is 0 Å². The molecule has 0 heteroatoms. The lowest BCUT2D eigenvalue weighted by molar-refractivity contribution is 1.21. The standard InChI is InChI=1S/C9H11/c1-3-4-9-6-5-8(2)7-9/h4-5,7H,3H2,1-2H3. The molecule has 0 nitrogen and oxygen atoms in total. The zero-order chi connectivity index (χ0) is 6.69. The van der Waals surface area contributed by atoms with Crippen molar-refractivity contribution in [3.05, 3.63) is 35.5 Å².